The number of aryl methyl sites for hydroxylation is 1. The predicted octanol–water partition coefficient (Wildman–Crippen LogP) is 3.38. The van der Waals surface area contributed by atoms with Crippen LogP contribution in [0.15, 0.2) is 60.9 Å². The maximum Gasteiger partial charge on any atom is 0.232 e. The highest BCUT2D eigenvalue weighted by Crippen LogP contribution is 2.22. The van der Waals surface area contributed by atoms with Crippen molar-refractivity contribution in [2.45, 2.75) is 6.92 Å². The summed E-state index contributed by atoms with van der Waals surface area (Å²) >= 11 is 0. The van der Waals surface area contributed by atoms with Crippen molar-refractivity contribution in [3.05, 3.63) is 66.6 Å². The van der Waals surface area contributed by atoms with Gasteiger partial charge in [0.2, 0.25) is 5.95 Å². The van der Waals surface area contributed by atoms with Gasteiger partial charge in [-0.25, -0.2) is 4.98 Å². The molecule has 4 aromatic rings. The van der Waals surface area contributed by atoms with Crippen LogP contribution >= 0.6 is 0 Å². The minimum absolute atomic E-state index is 0.437. The fraction of sp³-hybridized carbons (Fsp3) is 0.0556. The molecular formula is C18H15N7. The van der Waals surface area contributed by atoms with Gasteiger partial charge in [0.1, 0.15) is 0 Å². The Kier molecular flexibility index (Phi) is 3.88. The van der Waals surface area contributed by atoms with Gasteiger partial charge in [-0.1, -0.05) is 30.3 Å². The molecule has 7 heteroatoms. The molecule has 3 aromatic heterocycles. The quantitative estimate of drug-likeness (QED) is 0.596. The largest absolute Gasteiger partial charge is 0.307 e. The van der Waals surface area contributed by atoms with Crippen molar-refractivity contribution < 1.29 is 0 Å². The molecule has 122 valence electrons. The zero-order chi connectivity index (χ0) is 17.1. The lowest BCUT2D eigenvalue weighted by molar-refractivity contribution is 1.03. The van der Waals surface area contributed by atoms with Gasteiger partial charge in [0.25, 0.3) is 0 Å². The first-order chi connectivity index (χ1) is 12.3. The van der Waals surface area contributed by atoms with Crippen LogP contribution < -0.4 is 5.32 Å². The van der Waals surface area contributed by atoms with Crippen LogP contribution in [0.5, 0.6) is 0 Å². The number of H-pyrrole nitrogens is 1. The van der Waals surface area contributed by atoms with E-state index < -0.39 is 0 Å². The molecule has 3 heterocycles. The van der Waals surface area contributed by atoms with E-state index in [0.29, 0.717) is 23.4 Å². The predicted molar refractivity (Wildman–Crippen MR) is 95.1 cm³/mol. The SMILES string of the molecule is Cc1cc(Nc2nc(-c3ccccc3)nc(-c3ccncc3)n2)n[nH]1. The average molecular weight is 329 g/mol. The summed E-state index contributed by atoms with van der Waals surface area (Å²) in [5.74, 6) is 2.26. The number of nitrogens with one attached hydrogen (secondary N) is 2. The molecular weight excluding hydrogens is 314 g/mol. The van der Waals surface area contributed by atoms with Crippen LogP contribution in [0.2, 0.25) is 0 Å². The molecule has 0 aliphatic carbocycles. The van der Waals surface area contributed by atoms with Gasteiger partial charge in [0, 0.05) is 35.3 Å². The highest BCUT2D eigenvalue weighted by Gasteiger charge is 2.11. The lowest BCUT2D eigenvalue weighted by Gasteiger charge is -2.08. The fourth-order valence-corrected chi connectivity index (χ4v) is 2.37. The number of aromatic nitrogens is 6. The van der Waals surface area contributed by atoms with E-state index in [1.165, 1.54) is 0 Å². The fourth-order valence-electron chi connectivity index (χ4n) is 2.37. The number of hydrogen-bond donors (Lipinski definition) is 2. The molecule has 0 bridgehead atoms. The van der Waals surface area contributed by atoms with E-state index in [2.05, 4.69) is 35.5 Å². The Morgan fingerprint density at radius 1 is 0.840 bits per heavy atom. The van der Waals surface area contributed by atoms with Crippen LogP contribution in [0.1, 0.15) is 5.69 Å². The van der Waals surface area contributed by atoms with E-state index in [1.54, 1.807) is 12.4 Å². The number of hydrogen-bond acceptors (Lipinski definition) is 6. The number of pyridine rings is 1. The van der Waals surface area contributed by atoms with Gasteiger partial charge in [-0.3, -0.25) is 10.1 Å². The van der Waals surface area contributed by atoms with Gasteiger partial charge in [-0.05, 0) is 19.1 Å². The summed E-state index contributed by atoms with van der Waals surface area (Å²) in [5.41, 5.74) is 2.74. The second-order valence-electron chi connectivity index (χ2n) is 5.47. The standard InChI is InChI=1S/C18H15N7/c1-12-11-15(25-24-12)20-18-22-16(13-5-3-2-4-6-13)21-17(23-18)14-7-9-19-10-8-14/h2-11H,1H3,(H2,20,21,22,23,24,25). The van der Waals surface area contributed by atoms with Gasteiger partial charge in [0.15, 0.2) is 17.5 Å². The minimum Gasteiger partial charge on any atom is -0.307 e. The second-order valence-corrected chi connectivity index (χ2v) is 5.47. The van der Waals surface area contributed by atoms with Crippen LogP contribution in [-0.4, -0.2) is 30.1 Å². The smallest absolute Gasteiger partial charge is 0.232 e. The van der Waals surface area contributed by atoms with E-state index in [9.17, 15) is 0 Å². The molecule has 25 heavy (non-hydrogen) atoms. The molecule has 0 atom stereocenters. The summed E-state index contributed by atoms with van der Waals surface area (Å²) in [6, 6.07) is 15.4. The topological polar surface area (TPSA) is 92.3 Å². The van der Waals surface area contributed by atoms with Gasteiger partial charge < -0.3 is 5.32 Å². The van der Waals surface area contributed by atoms with Gasteiger partial charge >= 0.3 is 0 Å². The van der Waals surface area contributed by atoms with Crippen molar-refractivity contribution in [1.82, 2.24) is 30.1 Å². The number of aromatic amines is 1. The molecule has 0 radical (unpaired) electrons. The Labute approximate surface area is 144 Å². The Bertz CT molecular complexity index is 923. The number of nitrogens with zero attached hydrogens (tertiary/aromatic N) is 5. The Hall–Kier alpha value is -3.61. The maximum absolute atomic E-state index is 4.60. The molecule has 4 rings (SSSR count). The number of benzene rings is 1. The lowest BCUT2D eigenvalue weighted by atomic mass is 10.2. The molecule has 0 fully saturated rings. The zero-order valence-electron chi connectivity index (χ0n) is 13.5. The molecule has 2 N–H and O–H groups in total. The zero-order valence-corrected chi connectivity index (χ0v) is 13.5. The first kappa shape index (κ1) is 14.9. The highest BCUT2D eigenvalue weighted by atomic mass is 15.2. The summed E-state index contributed by atoms with van der Waals surface area (Å²) in [5, 5.41) is 10.2. The van der Waals surface area contributed by atoms with Crippen molar-refractivity contribution in [3.8, 4) is 22.8 Å². The molecule has 0 aliphatic heterocycles. The van der Waals surface area contributed by atoms with Gasteiger partial charge in [-0.2, -0.15) is 15.1 Å². The van der Waals surface area contributed by atoms with Crippen LogP contribution in [-0.2, 0) is 0 Å². The van der Waals surface area contributed by atoms with Crippen LogP contribution in [0, 0.1) is 6.92 Å². The summed E-state index contributed by atoms with van der Waals surface area (Å²) in [6.45, 7) is 1.93. The molecule has 0 aliphatic rings. The Morgan fingerprint density at radius 2 is 1.52 bits per heavy atom. The molecule has 7 nitrogen and oxygen atoms in total. The third-order valence-corrected chi connectivity index (χ3v) is 3.55. The van der Waals surface area contributed by atoms with E-state index in [-0.39, 0.29) is 0 Å². The third-order valence-electron chi connectivity index (χ3n) is 3.55. The number of anilines is 2. The summed E-state index contributed by atoms with van der Waals surface area (Å²) in [7, 11) is 0. The van der Waals surface area contributed by atoms with Gasteiger partial charge in [0.05, 0.1) is 0 Å². The van der Waals surface area contributed by atoms with E-state index in [0.717, 1.165) is 16.8 Å². The molecule has 0 saturated heterocycles. The first-order valence-corrected chi connectivity index (χ1v) is 7.79. The van der Waals surface area contributed by atoms with Gasteiger partial charge in [-0.15, -0.1) is 0 Å². The first-order valence-electron chi connectivity index (χ1n) is 7.79. The third kappa shape index (κ3) is 3.35. The molecule has 0 amide bonds. The van der Waals surface area contributed by atoms with E-state index in [1.807, 2.05) is 55.5 Å². The number of rotatable bonds is 4. The monoisotopic (exact) mass is 329 g/mol. The second kappa shape index (κ2) is 6.48. The lowest BCUT2D eigenvalue weighted by Crippen LogP contribution is -2.03. The molecule has 0 saturated carbocycles. The normalized spacial score (nSPS) is 10.6. The van der Waals surface area contributed by atoms with Crippen LogP contribution in [0.4, 0.5) is 11.8 Å². The molecule has 0 unspecified atom stereocenters. The van der Waals surface area contributed by atoms with Crippen molar-refractivity contribution in [3.63, 3.8) is 0 Å². The minimum atomic E-state index is 0.437. The Balaban J connectivity index is 1.80. The molecule has 0 spiro atoms. The maximum atomic E-state index is 4.60. The van der Waals surface area contributed by atoms with E-state index >= 15 is 0 Å². The van der Waals surface area contributed by atoms with Crippen molar-refractivity contribution in [1.29, 1.82) is 0 Å². The average Bonchev–Trinajstić information content (AvgIpc) is 3.07. The summed E-state index contributed by atoms with van der Waals surface area (Å²) < 4.78 is 0. The highest BCUT2D eigenvalue weighted by molar-refractivity contribution is 5.63. The van der Waals surface area contributed by atoms with Crippen molar-refractivity contribution in [2.75, 3.05) is 5.32 Å². The Morgan fingerprint density at radius 3 is 2.16 bits per heavy atom. The van der Waals surface area contributed by atoms with Crippen LogP contribution in [0.3, 0.4) is 0 Å². The summed E-state index contributed by atoms with van der Waals surface area (Å²) in [4.78, 5) is 17.7. The van der Waals surface area contributed by atoms with Crippen molar-refractivity contribution in [2.24, 2.45) is 0 Å². The van der Waals surface area contributed by atoms with E-state index in [4.69, 9.17) is 0 Å². The molecule has 1 aromatic carbocycles. The summed E-state index contributed by atoms with van der Waals surface area (Å²) in [6.07, 6.45) is 3.43. The van der Waals surface area contributed by atoms with Crippen molar-refractivity contribution >= 4 is 11.8 Å². The van der Waals surface area contributed by atoms with Crippen LogP contribution in [0.25, 0.3) is 22.8 Å².